The molecular formula is C18H28N4OS. The molecule has 132 valence electrons. The highest BCUT2D eigenvalue weighted by Crippen LogP contribution is 2.44. The zero-order chi connectivity index (χ0) is 16.7. The third-order valence-corrected chi connectivity index (χ3v) is 7.37. The number of hydrogen-bond acceptors (Lipinski definition) is 5. The molecule has 2 saturated heterocycles. The molecule has 1 saturated carbocycles. The summed E-state index contributed by atoms with van der Waals surface area (Å²) in [6, 6.07) is 0.512. The van der Waals surface area contributed by atoms with Crippen molar-refractivity contribution >= 4 is 22.4 Å². The van der Waals surface area contributed by atoms with Crippen LogP contribution in [0.2, 0.25) is 0 Å². The number of piperidine rings is 1. The lowest BCUT2D eigenvalue weighted by Gasteiger charge is -2.42. The number of anilines is 1. The molecule has 0 radical (unpaired) electrons. The number of rotatable bonds is 3. The number of carbonyl (C=O) groups excluding carboxylic acids is 1. The Bertz CT molecular complexity index is 610. The van der Waals surface area contributed by atoms with Gasteiger partial charge in [-0.1, -0.05) is 38.0 Å². The standard InChI is InChI=1S/C18H28N4OS/c1-13(2)15-19-20-17(24-15)21-11-9-18(12-21)8-5-10-22(16(18)23)14-6-3-4-7-14/h13-14H,3-12H2,1-2H3. The summed E-state index contributed by atoms with van der Waals surface area (Å²) in [6.45, 7) is 7.06. The number of nitrogens with zero attached hydrogens (tertiary/aromatic N) is 4. The molecular weight excluding hydrogens is 320 g/mol. The summed E-state index contributed by atoms with van der Waals surface area (Å²) in [5.74, 6) is 0.846. The summed E-state index contributed by atoms with van der Waals surface area (Å²) in [5, 5.41) is 10.8. The number of carbonyl (C=O) groups is 1. The highest BCUT2D eigenvalue weighted by Gasteiger charge is 2.50. The minimum Gasteiger partial charge on any atom is -0.346 e. The number of amides is 1. The van der Waals surface area contributed by atoms with Crippen LogP contribution in [0.15, 0.2) is 0 Å². The topological polar surface area (TPSA) is 49.3 Å². The van der Waals surface area contributed by atoms with Crippen LogP contribution in [0.3, 0.4) is 0 Å². The lowest BCUT2D eigenvalue weighted by atomic mass is 9.77. The summed E-state index contributed by atoms with van der Waals surface area (Å²) >= 11 is 1.69. The highest BCUT2D eigenvalue weighted by atomic mass is 32.1. The molecule has 1 spiro atoms. The predicted octanol–water partition coefficient (Wildman–Crippen LogP) is 3.42. The van der Waals surface area contributed by atoms with Gasteiger partial charge in [0.15, 0.2) is 0 Å². The third kappa shape index (κ3) is 2.72. The van der Waals surface area contributed by atoms with Crippen molar-refractivity contribution in [3.05, 3.63) is 5.01 Å². The molecule has 0 bridgehead atoms. The van der Waals surface area contributed by atoms with Crippen molar-refractivity contribution in [1.82, 2.24) is 15.1 Å². The number of aromatic nitrogens is 2. The van der Waals surface area contributed by atoms with Gasteiger partial charge in [-0.25, -0.2) is 0 Å². The number of hydrogen-bond donors (Lipinski definition) is 0. The first-order chi connectivity index (χ1) is 11.6. The Morgan fingerprint density at radius 2 is 1.92 bits per heavy atom. The summed E-state index contributed by atoms with van der Waals surface area (Å²) in [5.41, 5.74) is -0.162. The molecule has 4 rings (SSSR count). The summed E-state index contributed by atoms with van der Waals surface area (Å²) in [6.07, 6.45) is 8.17. The van der Waals surface area contributed by atoms with Crippen LogP contribution < -0.4 is 4.90 Å². The van der Waals surface area contributed by atoms with Gasteiger partial charge in [-0.2, -0.15) is 0 Å². The lowest BCUT2D eigenvalue weighted by Crippen LogP contribution is -2.53. The SMILES string of the molecule is CC(C)c1nnc(N2CCC3(CCCN(C4CCCC4)C3=O)C2)s1. The van der Waals surface area contributed by atoms with Crippen LogP contribution in [0, 0.1) is 5.41 Å². The van der Waals surface area contributed by atoms with E-state index < -0.39 is 0 Å². The second kappa shape index (κ2) is 6.28. The third-order valence-electron chi connectivity index (χ3n) is 6.08. The maximum atomic E-state index is 13.3. The molecule has 1 amide bonds. The average Bonchev–Trinajstić information content (AvgIpc) is 3.30. The molecule has 1 aromatic rings. The van der Waals surface area contributed by atoms with E-state index in [1.807, 2.05) is 0 Å². The second-order valence-corrected chi connectivity index (χ2v) is 9.06. The van der Waals surface area contributed by atoms with Crippen LogP contribution in [-0.2, 0) is 4.79 Å². The Morgan fingerprint density at radius 1 is 1.12 bits per heavy atom. The molecule has 1 aliphatic carbocycles. The van der Waals surface area contributed by atoms with Crippen LogP contribution in [0.4, 0.5) is 5.13 Å². The van der Waals surface area contributed by atoms with Gasteiger partial charge in [0.2, 0.25) is 11.0 Å². The summed E-state index contributed by atoms with van der Waals surface area (Å²) < 4.78 is 0. The van der Waals surface area contributed by atoms with E-state index in [9.17, 15) is 4.79 Å². The van der Waals surface area contributed by atoms with Gasteiger partial charge in [0.1, 0.15) is 5.01 Å². The molecule has 1 unspecified atom stereocenters. The van der Waals surface area contributed by atoms with Gasteiger partial charge in [0, 0.05) is 31.6 Å². The van der Waals surface area contributed by atoms with Crippen LogP contribution in [0.1, 0.15) is 69.7 Å². The van der Waals surface area contributed by atoms with Gasteiger partial charge < -0.3 is 9.80 Å². The van der Waals surface area contributed by atoms with E-state index in [-0.39, 0.29) is 5.41 Å². The quantitative estimate of drug-likeness (QED) is 0.840. The van der Waals surface area contributed by atoms with Gasteiger partial charge in [-0.05, 0) is 32.1 Å². The van der Waals surface area contributed by atoms with Crippen molar-refractivity contribution in [3.8, 4) is 0 Å². The van der Waals surface area contributed by atoms with E-state index in [0.717, 1.165) is 49.0 Å². The molecule has 3 heterocycles. The normalized spacial score (nSPS) is 28.7. The number of likely N-dealkylation sites (tertiary alicyclic amines) is 1. The van der Waals surface area contributed by atoms with Gasteiger partial charge in [0.05, 0.1) is 5.41 Å². The van der Waals surface area contributed by atoms with E-state index in [2.05, 4.69) is 33.8 Å². The molecule has 1 atom stereocenters. The molecule has 6 heteroatoms. The first-order valence-electron chi connectivity index (χ1n) is 9.48. The highest BCUT2D eigenvalue weighted by molar-refractivity contribution is 7.15. The fraction of sp³-hybridized carbons (Fsp3) is 0.833. The zero-order valence-electron chi connectivity index (χ0n) is 14.8. The maximum Gasteiger partial charge on any atom is 0.230 e. The lowest BCUT2D eigenvalue weighted by molar-refractivity contribution is -0.147. The van der Waals surface area contributed by atoms with Crippen molar-refractivity contribution in [3.63, 3.8) is 0 Å². The Kier molecular flexibility index (Phi) is 4.27. The van der Waals surface area contributed by atoms with Crippen molar-refractivity contribution in [2.75, 3.05) is 24.5 Å². The molecule has 2 aliphatic heterocycles. The Morgan fingerprint density at radius 3 is 2.62 bits per heavy atom. The van der Waals surface area contributed by atoms with Crippen molar-refractivity contribution < 1.29 is 4.79 Å². The first-order valence-corrected chi connectivity index (χ1v) is 10.3. The van der Waals surface area contributed by atoms with Crippen molar-refractivity contribution in [1.29, 1.82) is 0 Å². The van der Waals surface area contributed by atoms with E-state index in [4.69, 9.17) is 0 Å². The van der Waals surface area contributed by atoms with Crippen molar-refractivity contribution in [2.45, 2.75) is 70.8 Å². The molecule has 5 nitrogen and oxygen atoms in total. The molecule has 24 heavy (non-hydrogen) atoms. The summed E-state index contributed by atoms with van der Waals surface area (Å²) in [7, 11) is 0. The minimum atomic E-state index is -0.162. The van der Waals surface area contributed by atoms with Gasteiger partial charge in [-0.15, -0.1) is 10.2 Å². The van der Waals surface area contributed by atoms with Gasteiger partial charge >= 0.3 is 0 Å². The molecule has 0 aromatic carbocycles. The molecule has 1 aromatic heterocycles. The van der Waals surface area contributed by atoms with E-state index in [1.54, 1.807) is 11.3 Å². The van der Waals surface area contributed by atoms with Crippen LogP contribution in [0.5, 0.6) is 0 Å². The van der Waals surface area contributed by atoms with Crippen molar-refractivity contribution in [2.24, 2.45) is 5.41 Å². The smallest absolute Gasteiger partial charge is 0.230 e. The summed E-state index contributed by atoms with van der Waals surface area (Å²) in [4.78, 5) is 17.8. The average molecular weight is 349 g/mol. The van der Waals surface area contributed by atoms with Crippen LogP contribution >= 0.6 is 11.3 Å². The van der Waals surface area contributed by atoms with E-state index in [0.29, 0.717) is 17.9 Å². The minimum absolute atomic E-state index is 0.162. The van der Waals surface area contributed by atoms with Crippen LogP contribution in [-0.4, -0.2) is 46.7 Å². The van der Waals surface area contributed by atoms with Crippen LogP contribution in [0.25, 0.3) is 0 Å². The molecule has 3 aliphatic rings. The Balaban J connectivity index is 1.50. The van der Waals surface area contributed by atoms with E-state index in [1.165, 1.54) is 25.7 Å². The Hall–Kier alpha value is -1.17. The maximum absolute atomic E-state index is 13.3. The monoisotopic (exact) mass is 348 g/mol. The zero-order valence-corrected chi connectivity index (χ0v) is 15.6. The largest absolute Gasteiger partial charge is 0.346 e. The van der Waals surface area contributed by atoms with Gasteiger partial charge in [0.25, 0.3) is 0 Å². The first kappa shape index (κ1) is 16.3. The van der Waals surface area contributed by atoms with Gasteiger partial charge in [-0.3, -0.25) is 4.79 Å². The molecule has 0 N–H and O–H groups in total. The molecule has 3 fully saturated rings. The Labute approximate surface area is 148 Å². The second-order valence-electron chi connectivity index (χ2n) is 8.07. The fourth-order valence-corrected chi connectivity index (χ4v) is 5.54. The fourth-order valence-electron chi connectivity index (χ4n) is 4.67. The predicted molar refractivity (Wildman–Crippen MR) is 96.5 cm³/mol. The van der Waals surface area contributed by atoms with E-state index >= 15 is 0 Å².